The Morgan fingerprint density at radius 1 is 1.26 bits per heavy atom. The summed E-state index contributed by atoms with van der Waals surface area (Å²) in [4.78, 5) is 11.0. The summed E-state index contributed by atoms with van der Waals surface area (Å²) in [5.41, 5.74) is 0. The van der Waals surface area contributed by atoms with E-state index in [1.807, 2.05) is 13.0 Å². The van der Waals surface area contributed by atoms with E-state index in [1.165, 1.54) is 0 Å². The molecule has 0 saturated heterocycles. The van der Waals surface area contributed by atoms with Gasteiger partial charge in [0.25, 0.3) is 0 Å². The zero-order valence-corrected chi connectivity index (χ0v) is 12.8. The third-order valence-electron chi connectivity index (χ3n) is 2.80. The number of nitrogens with one attached hydrogen (secondary N) is 2. The standard InChI is InChI=1S/C14H27N5/c1-6-8-15-13-10-14(18-12(3)17-13)16-11(2)7-9-19(4)5/h10-11H,6-9H2,1-5H3,(H2,15,16,17,18). The van der Waals surface area contributed by atoms with Crippen molar-refractivity contribution in [2.24, 2.45) is 0 Å². The van der Waals surface area contributed by atoms with Gasteiger partial charge in [-0.25, -0.2) is 9.97 Å². The Kier molecular flexibility index (Phi) is 6.56. The highest BCUT2D eigenvalue weighted by molar-refractivity contribution is 5.47. The minimum absolute atomic E-state index is 0.399. The van der Waals surface area contributed by atoms with Crippen LogP contribution in [0.2, 0.25) is 0 Å². The van der Waals surface area contributed by atoms with Crippen molar-refractivity contribution in [1.29, 1.82) is 0 Å². The van der Waals surface area contributed by atoms with Crippen LogP contribution in [-0.4, -0.2) is 48.1 Å². The molecular formula is C14H27N5. The second kappa shape index (κ2) is 7.94. The molecule has 0 saturated carbocycles. The lowest BCUT2D eigenvalue weighted by atomic mass is 10.2. The summed E-state index contributed by atoms with van der Waals surface area (Å²) < 4.78 is 0. The van der Waals surface area contributed by atoms with Gasteiger partial charge in [-0.1, -0.05) is 6.92 Å². The molecule has 0 amide bonds. The molecule has 0 spiro atoms. The van der Waals surface area contributed by atoms with Gasteiger partial charge in [-0.3, -0.25) is 0 Å². The largest absolute Gasteiger partial charge is 0.370 e. The van der Waals surface area contributed by atoms with Crippen molar-refractivity contribution in [2.75, 3.05) is 37.8 Å². The maximum Gasteiger partial charge on any atom is 0.132 e. The average Bonchev–Trinajstić information content (AvgIpc) is 2.33. The zero-order chi connectivity index (χ0) is 14.3. The Labute approximate surface area is 116 Å². The van der Waals surface area contributed by atoms with Gasteiger partial charge in [0, 0.05) is 18.7 Å². The molecule has 0 bridgehead atoms. The van der Waals surface area contributed by atoms with Crippen LogP contribution in [0.25, 0.3) is 0 Å². The molecule has 0 radical (unpaired) electrons. The number of nitrogens with zero attached hydrogens (tertiary/aromatic N) is 3. The van der Waals surface area contributed by atoms with Crippen LogP contribution in [0.3, 0.4) is 0 Å². The maximum atomic E-state index is 4.43. The van der Waals surface area contributed by atoms with Crippen LogP contribution >= 0.6 is 0 Å². The summed E-state index contributed by atoms with van der Waals surface area (Å²) >= 11 is 0. The van der Waals surface area contributed by atoms with Gasteiger partial charge >= 0.3 is 0 Å². The van der Waals surface area contributed by atoms with Gasteiger partial charge in [0.2, 0.25) is 0 Å². The third kappa shape index (κ3) is 6.38. The number of hydrogen-bond acceptors (Lipinski definition) is 5. The molecule has 108 valence electrons. The fraction of sp³-hybridized carbons (Fsp3) is 0.714. The van der Waals surface area contributed by atoms with Crippen LogP contribution in [0.15, 0.2) is 6.07 Å². The van der Waals surface area contributed by atoms with Gasteiger partial charge in [0.1, 0.15) is 17.5 Å². The minimum Gasteiger partial charge on any atom is -0.370 e. The van der Waals surface area contributed by atoms with Gasteiger partial charge in [0.05, 0.1) is 0 Å². The molecule has 1 aromatic rings. The lowest BCUT2D eigenvalue weighted by Gasteiger charge is -2.18. The topological polar surface area (TPSA) is 53.1 Å². The quantitative estimate of drug-likeness (QED) is 0.755. The molecule has 19 heavy (non-hydrogen) atoms. The van der Waals surface area contributed by atoms with E-state index >= 15 is 0 Å². The number of aromatic nitrogens is 2. The highest BCUT2D eigenvalue weighted by atomic mass is 15.1. The monoisotopic (exact) mass is 265 g/mol. The highest BCUT2D eigenvalue weighted by Crippen LogP contribution is 2.13. The average molecular weight is 265 g/mol. The Bertz CT molecular complexity index is 378. The van der Waals surface area contributed by atoms with Crippen LogP contribution in [0, 0.1) is 6.92 Å². The van der Waals surface area contributed by atoms with Crippen molar-refractivity contribution in [1.82, 2.24) is 14.9 Å². The maximum absolute atomic E-state index is 4.43. The smallest absolute Gasteiger partial charge is 0.132 e. The molecule has 5 nitrogen and oxygen atoms in total. The summed E-state index contributed by atoms with van der Waals surface area (Å²) in [5.74, 6) is 2.59. The van der Waals surface area contributed by atoms with E-state index in [-0.39, 0.29) is 0 Å². The highest BCUT2D eigenvalue weighted by Gasteiger charge is 2.06. The Morgan fingerprint density at radius 3 is 2.58 bits per heavy atom. The number of anilines is 2. The van der Waals surface area contributed by atoms with E-state index in [0.29, 0.717) is 6.04 Å². The van der Waals surface area contributed by atoms with Gasteiger partial charge in [0.15, 0.2) is 0 Å². The van der Waals surface area contributed by atoms with Gasteiger partial charge in [-0.05, 0) is 47.3 Å². The second-order valence-electron chi connectivity index (χ2n) is 5.25. The first-order chi connectivity index (χ1) is 9.01. The molecule has 1 heterocycles. The first-order valence-electron chi connectivity index (χ1n) is 7.02. The van der Waals surface area contributed by atoms with E-state index in [0.717, 1.165) is 43.4 Å². The molecular weight excluding hydrogens is 238 g/mol. The van der Waals surface area contributed by atoms with E-state index in [4.69, 9.17) is 0 Å². The third-order valence-corrected chi connectivity index (χ3v) is 2.80. The first kappa shape index (κ1) is 15.7. The summed E-state index contributed by atoms with van der Waals surface area (Å²) in [6.45, 7) is 8.25. The molecule has 2 N–H and O–H groups in total. The van der Waals surface area contributed by atoms with Crippen molar-refractivity contribution in [3.63, 3.8) is 0 Å². The van der Waals surface area contributed by atoms with Crippen molar-refractivity contribution in [2.45, 2.75) is 39.7 Å². The molecule has 0 aliphatic rings. The molecule has 0 aromatic carbocycles. The van der Waals surface area contributed by atoms with Crippen molar-refractivity contribution in [3.8, 4) is 0 Å². The Morgan fingerprint density at radius 2 is 1.95 bits per heavy atom. The number of hydrogen-bond donors (Lipinski definition) is 2. The van der Waals surface area contributed by atoms with E-state index in [1.54, 1.807) is 0 Å². The Balaban J connectivity index is 2.59. The fourth-order valence-electron chi connectivity index (χ4n) is 1.76. The predicted octanol–water partition coefficient (Wildman–Crippen LogP) is 2.36. The van der Waals surface area contributed by atoms with E-state index < -0.39 is 0 Å². The molecule has 1 unspecified atom stereocenters. The van der Waals surface area contributed by atoms with Crippen LogP contribution in [0.1, 0.15) is 32.5 Å². The lowest BCUT2D eigenvalue weighted by Crippen LogP contribution is -2.23. The first-order valence-corrected chi connectivity index (χ1v) is 7.02. The van der Waals surface area contributed by atoms with Gasteiger partial charge < -0.3 is 15.5 Å². The molecule has 0 aliphatic carbocycles. The van der Waals surface area contributed by atoms with E-state index in [2.05, 4.69) is 53.4 Å². The molecule has 1 aromatic heterocycles. The molecule has 0 aliphatic heterocycles. The van der Waals surface area contributed by atoms with Crippen molar-refractivity contribution >= 4 is 11.6 Å². The number of aryl methyl sites for hydroxylation is 1. The predicted molar refractivity (Wildman–Crippen MR) is 81.8 cm³/mol. The van der Waals surface area contributed by atoms with Crippen LogP contribution in [0.4, 0.5) is 11.6 Å². The summed E-state index contributed by atoms with van der Waals surface area (Å²) in [5, 5.41) is 6.74. The molecule has 5 heteroatoms. The van der Waals surface area contributed by atoms with Crippen LogP contribution in [0.5, 0.6) is 0 Å². The second-order valence-corrected chi connectivity index (χ2v) is 5.25. The molecule has 0 fully saturated rings. The summed E-state index contributed by atoms with van der Waals surface area (Å²) in [6.07, 6.45) is 2.18. The molecule has 1 atom stereocenters. The van der Waals surface area contributed by atoms with Crippen LogP contribution in [-0.2, 0) is 0 Å². The Hall–Kier alpha value is -1.36. The number of rotatable bonds is 8. The van der Waals surface area contributed by atoms with E-state index in [9.17, 15) is 0 Å². The fourth-order valence-corrected chi connectivity index (χ4v) is 1.76. The van der Waals surface area contributed by atoms with Crippen molar-refractivity contribution in [3.05, 3.63) is 11.9 Å². The van der Waals surface area contributed by atoms with Crippen LogP contribution < -0.4 is 10.6 Å². The van der Waals surface area contributed by atoms with Gasteiger partial charge in [-0.2, -0.15) is 0 Å². The SMILES string of the molecule is CCCNc1cc(NC(C)CCN(C)C)nc(C)n1. The normalized spacial score (nSPS) is 12.5. The van der Waals surface area contributed by atoms with Gasteiger partial charge in [-0.15, -0.1) is 0 Å². The summed E-state index contributed by atoms with van der Waals surface area (Å²) in [7, 11) is 4.18. The zero-order valence-electron chi connectivity index (χ0n) is 12.8. The summed E-state index contributed by atoms with van der Waals surface area (Å²) in [6, 6.07) is 2.38. The minimum atomic E-state index is 0.399. The van der Waals surface area contributed by atoms with Crippen molar-refractivity contribution < 1.29 is 0 Å². The molecule has 1 rings (SSSR count). The lowest BCUT2D eigenvalue weighted by molar-refractivity contribution is 0.390.